The molecule has 17 nitrogen and oxygen atoms in total. The zero-order chi connectivity index (χ0) is 35.8. The van der Waals surface area contributed by atoms with Crippen molar-refractivity contribution in [1.29, 1.82) is 5.26 Å². The van der Waals surface area contributed by atoms with Gasteiger partial charge in [-0.3, -0.25) is 4.79 Å². The molecule has 0 aromatic carbocycles. The first-order chi connectivity index (χ1) is 22.2. The predicted molar refractivity (Wildman–Crippen MR) is 167 cm³/mol. The molecule has 1 rings (SSSR count). The van der Waals surface area contributed by atoms with Crippen molar-refractivity contribution in [1.82, 2.24) is 25.8 Å². The molecular formula is C30H51N8O9+. The van der Waals surface area contributed by atoms with E-state index in [0.717, 1.165) is 0 Å². The molecule has 1 fully saturated rings. The van der Waals surface area contributed by atoms with Crippen molar-refractivity contribution in [2.24, 2.45) is 23.5 Å². The summed E-state index contributed by atoms with van der Waals surface area (Å²) in [5.41, 5.74) is 6.04. The van der Waals surface area contributed by atoms with E-state index in [1.165, 1.54) is 23.1 Å². The normalized spacial score (nSPS) is 18.7. The van der Waals surface area contributed by atoms with Gasteiger partial charge >= 0.3 is 172 Å². The summed E-state index contributed by atoms with van der Waals surface area (Å²) in [6, 6.07) is -4.29. The molecule has 4 amide bonds. The molecule has 2 unspecified atom stereocenters. The minimum atomic E-state index is -1.58. The summed E-state index contributed by atoms with van der Waals surface area (Å²) in [6.45, 7) is 8.31. The number of nitrogens with one attached hydrogen (secondary N) is 3. The summed E-state index contributed by atoms with van der Waals surface area (Å²) in [7, 11) is 3.04. The van der Waals surface area contributed by atoms with Crippen molar-refractivity contribution < 1.29 is 42.9 Å². The molecule has 1 aliphatic rings. The molecule has 1 heterocycles. The Hall–Kier alpha value is -3.78. The number of nitrogens with zero attached hydrogens (tertiary/aromatic N) is 3. The summed E-state index contributed by atoms with van der Waals surface area (Å²) in [6.07, 6.45) is 1.14. The number of esters is 1. The van der Waals surface area contributed by atoms with E-state index in [1.54, 1.807) is 34.7 Å². The second-order valence-electron chi connectivity index (χ2n) is 12.0. The molecule has 17 heteroatoms. The van der Waals surface area contributed by atoms with Gasteiger partial charge in [-0.15, -0.1) is 0 Å². The Kier molecular flexibility index (Phi) is 17.9. The fourth-order valence-corrected chi connectivity index (χ4v) is 5.04. The van der Waals surface area contributed by atoms with E-state index in [0.29, 0.717) is 12.8 Å². The van der Waals surface area contributed by atoms with E-state index in [2.05, 4.69) is 20.8 Å². The molecule has 1 saturated heterocycles. The number of hydrogen-bond donors (Lipinski definition) is 5. The van der Waals surface area contributed by atoms with Crippen molar-refractivity contribution in [3.8, 4) is 12.4 Å². The van der Waals surface area contributed by atoms with Gasteiger partial charge in [-0.1, -0.05) is 0 Å². The number of carbonyl (C=O) groups excluding carboxylic acids is 5. The molecule has 47 heavy (non-hydrogen) atoms. The maximum absolute atomic E-state index is 13.9. The van der Waals surface area contributed by atoms with Crippen molar-refractivity contribution in [3.63, 3.8) is 0 Å². The molecule has 0 saturated carbocycles. The first-order valence-corrected chi connectivity index (χ1v) is 15.7. The van der Waals surface area contributed by atoms with Crippen LogP contribution in [0.1, 0.15) is 60.3 Å². The van der Waals surface area contributed by atoms with Crippen LogP contribution in [-0.4, -0.2) is 116 Å². The SMILES string of the molecule is CC[C@H](C)[C@H](NC(=O)[C@@H]1CCCN1C(=O)[C@@H](CC(N)CON)OC(=O)C(CNC(=O)[C@H](C)NC)OC#N)C(=O)N(C)[C@H](C#[O+])C(C)C. The van der Waals surface area contributed by atoms with Gasteiger partial charge in [0.15, 0.2) is 0 Å². The number of likely N-dealkylation sites (tertiary alicyclic amines) is 1. The predicted octanol–water partition coefficient (Wildman–Crippen LogP) is -1.51. The number of likely N-dealkylation sites (N-methyl/N-ethyl adjacent to an activating group) is 2. The van der Waals surface area contributed by atoms with Crippen LogP contribution in [0.5, 0.6) is 0 Å². The van der Waals surface area contributed by atoms with Crippen LogP contribution in [-0.2, 0) is 42.9 Å². The van der Waals surface area contributed by atoms with E-state index in [9.17, 15) is 28.6 Å². The van der Waals surface area contributed by atoms with Gasteiger partial charge in [-0.25, -0.2) is 10.7 Å². The van der Waals surface area contributed by atoms with E-state index >= 15 is 0 Å². The standard InChI is InChI=1S/C30H50N8O9/c1-8-18(4)25(29(43)37(7)22(14-39)17(2)3)36-27(41)21-10-9-11-38(21)28(42)23(12-20(32)15-46-33)47-30(44)24(45-16-31)13-35-26(40)19(5)34-6/h17-25,34H,8-13,15,32-33H2,1-7H3,(H-,35,36,40,41)/p+1/t18-,19-,20?,21-,22+,23+,24?,25-/m0/s1. The first kappa shape index (κ1) is 41.2. The number of hydrogen-bond acceptors (Lipinski definition) is 12. The van der Waals surface area contributed by atoms with E-state index in [4.69, 9.17) is 26.4 Å². The average molecular weight is 668 g/mol. The molecular weight excluding hydrogens is 616 g/mol. The maximum atomic E-state index is 13.9. The van der Waals surface area contributed by atoms with Gasteiger partial charge in [-0.2, -0.15) is 5.26 Å². The number of nitrogens with two attached hydrogens (primary N) is 2. The average Bonchev–Trinajstić information content (AvgIpc) is 3.54. The van der Waals surface area contributed by atoms with Crippen LogP contribution in [0.4, 0.5) is 0 Å². The number of amides is 4. The summed E-state index contributed by atoms with van der Waals surface area (Å²) in [5, 5.41) is 17.1. The van der Waals surface area contributed by atoms with E-state index in [1.807, 2.05) is 13.1 Å². The monoisotopic (exact) mass is 667 g/mol. The molecule has 0 aromatic rings. The van der Waals surface area contributed by atoms with Crippen molar-refractivity contribution in [2.75, 3.05) is 33.8 Å². The molecule has 7 N–H and O–H groups in total. The van der Waals surface area contributed by atoms with Crippen molar-refractivity contribution in [2.45, 2.75) is 103 Å². The number of nitriles is 1. The fourth-order valence-electron chi connectivity index (χ4n) is 5.04. The zero-order valence-electron chi connectivity index (χ0n) is 28.3. The fraction of sp³-hybridized carbons (Fsp3) is 0.767. The van der Waals surface area contributed by atoms with Crippen LogP contribution in [0.3, 0.4) is 0 Å². The second kappa shape index (κ2) is 20.5. The van der Waals surface area contributed by atoms with Gasteiger partial charge in [0.25, 0.3) is 6.26 Å². The molecule has 0 aliphatic carbocycles. The second-order valence-corrected chi connectivity index (χ2v) is 12.0. The Bertz CT molecular complexity index is 1160. The summed E-state index contributed by atoms with van der Waals surface area (Å²) >= 11 is 0. The third-order valence-electron chi connectivity index (χ3n) is 8.24. The number of ether oxygens (including phenoxy) is 2. The number of carbonyl (C=O) groups is 5. The Balaban J connectivity index is 3.25. The van der Waals surface area contributed by atoms with Crippen LogP contribution in [0.15, 0.2) is 0 Å². The van der Waals surface area contributed by atoms with Gasteiger partial charge in [-0.05, 0) is 14.0 Å². The van der Waals surface area contributed by atoms with E-state index < -0.39 is 78.6 Å². The minimum absolute atomic E-state index is 0.140. The van der Waals surface area contributed by atoms with Gasteiger partial charge in [0.05, 0.1) is 19.2 Å². The van der Waals surface area contributed by atoms with E-state index in [-0.39, 0.29) is 37.8 Å². The van der Waals surface area contributed by atoms with Gasteiger partial charge < -0.3 is 25.9 Å². The van der Waals surface area contributed by atoms with Crippen molar-refractivity contribution >= 4 is 29.6 Å². The Morgan fingerprint density at radius 2 is 1.81 bits per heavy atom. The summed E-state index contributed by atoms with van der Waals surface area (Å²) in [4.78, 5) is 73.4. The number of rotatable bonds is 19. The molecule has 264 valence electrons. The topological polar surface area (TPSA) is 251 Å². The van der Waals surface area contributed by atoms with Crippen LogP contribution in [0, 0.1) is 29.5 Å². The Morgan fingerprint density at radius 3 is 2.34 bits per heavy atom. The quantitative estimate of drug-likeness (QED) is 0.0456. The molecule has 0 bridgehead atoms. The molecule has 0 aromatic heterocycles. The van der Waals surface area contributed by atoms with Gasteiger partial charge in [0.2, 0.25) is 12.0 Å². The van der Waals surface area contributed by atoms with Gasteiger partial charge in [0.1, 0.15) is 0 Å². The molecule has 0 radical (unpaired) electrons. The van der Waals surface area contributed by atoms with Crippen molar-refractivity contribution in [3.05, 3.63) is 0 Å². The summed E-state index contributed by atoms with van der Waals surface area (Å²) in [5.74, 6) is 1.22. The summed E-state index contributed by atoms with van der Waals surface area (Å²) < 4.78 is 21.9. The van der Waals surface area contributed by atoms with Crippen LogP contribution < -0.4 is 27.6 Å². The Labute approximate surface area is 276 Å². The zero-order valence-corrected chi connectivity index (χ0v) is 28.3. The van der Waals surface area contributed by atoms with Crippen LogP contribution >= 0.6 is 0 Å². The Morgan fingerprint density at radius 1 is 1.15 bits per heavy atom. The molecule has 8 atom stereocenters. The third-order valence-corrected chi connectivity index (χ3v) is 8.24. The van der Waals surface area contributed by atoms with Crippen LogP contribution in [0.25, 0.3) is 0 Å². The third kappa shape index (κ3) is 12.1. The first-order valence-electron chi connectivity index (χ1n) is 15.7. The van der Waals surface area contributed by atoms with Crippen LogP contribution in [0.2, 0.25) is 0 Å². The van der Waals surface area contributed by atoms with Gasteiger partial charge in [0, 0.05) is 6.04 Å². The molecule has 0 spiro atoms. The molecule has 1 aliphatic heterocycles.